The first-order valence-electron chi connectivity index (χ1n) is 12.2. The zero-order valence-corrected chi connectivity index (χ0v) is 25.3. The third kappa shape index (κ3) is 9.40. The van der Waals surface area contributed by atoms with E-state index in [0.29, 0.717) is 11.5 Å². The van der Waals surface area contributed by atoms with Crippen LogP contribution in [0.25, 0.3) is 5.73 Å². The van der Waals surface area contributed by atoms with Gasteiger partial charge in [0, 0.05) is 12.0 Å². The summed E-state index contributed by atoms with van der Waals surface area (Å²) in [5.41, 5.74) is 18.9. The first-order valence-corrected chi connectivity index (χ1v) is 15.5. The van der Waals surface area contributed by atoms with Gasteiger partial charge in [-0.3, -0.25) is 0 Å². The molecule has 0 heterocycles. The van der Waals surface area contributed by atoms with E-state index in [2.05, 4.69) is 54.7 Å². The van der Waals surface area contributed by atoms with Crippen molar-refractivity contribution in [1.82, 2.24) is 0 Å². The van der Waals surface area contributed by atoms with Gasteiger partial charge in [0.25, 0.3) is 0 Å². The normalized spacial score (nSPS) is 12.0. The summed E-state index contributed by atoms with van der Waals surface area (Å²) in [4.78, 5) is 11.6. The van der Waals surface area contributed by atoms with Crippen molar-refractivity contribution in [3.63, 3.8) is 0 Å². The molecule has 39 heavy (non-hydrogen) atoms. The van der Waals surface area contributed by atoms with Gasteiger partial charge in [-0.25, -0.2) is 0 Å². The van der Waals surface area contributed by atoms with Gasteiger partial charge < -0.3 is 24.7 Å². The Morgan fingerprint density at radius 1 is 0.795 bits per heavy atom. The third-order valence-corrected chi connectivity index (χ3v) is 6.96. The van der Waals surface area contributed by atoms with Crippen molar-refractivity contribution in [3.8, 4) is 0 Å². The molecule has 0 aliphatic rings. The number of nitrogens with one attached hydrogen (secondary N) is 1. The van der Waals surface area contributed by atoms with Crippen molar-refractivity contribution in [2.75, 3.05) is 0 Å². The average molecular weight is 649 g/mol. The van der Waals surface area contributed by atoms with Crippen LogP contribution in [0.3, 0.4) is 0 Å². The van der Waals surface area contributed by atoms with Crippen molar-refractivity contribution in [2.24, 2.45) is 5.73 Å². The van der Waals surface area contributed by atoms with Crippen LogP contribution in [0.4, 0.5) is 0 Å². The van der Waals surface area contributed by atoms with E-state index in [4.69, 9.17) is 11.5 Å². The summed E-state index contributed by atoms with van der Waals surface area (Å²) in [7, 11) is 2.06. The standard InChI is InChI=1S/C21H19N2O3S.C10H14.ClH.Ru/c22-20(15-9-5-2-6-10-15)19(14-7-3-1-4-8-14)17-13-16(21(23)24)11-12-18(17)27(25)26;1-8(2)10-6-4-9(3)5-7-10;;/h1-13,19-20H,22H2,(H2,23,24);4-8H,1-3H3;1H;/q-1;;;+2/p-2/t19-,20+;;;/m0.../s1. The van der Waals surface area contributed by atoms with Gasteiger partial charge in [0.1, 0.15) is 0 Å². The molecule has 0 saturated heterocycles. The van der Waals surface area contributed by atoms with Crippen molar-refractivity contribution in [1.29, 1.82) is 0 Å². The van der Waals surface area contributed by atoms with Gasteiger partial charge in [-0.2, -0.15) is 0 Å². The number of aryl methyl sites for hydroxylation is 1. The summed E-state index contributed by atoms with van der Waals surface area (Å²) in [6.45, 7) is 6.54. The quantitative estimate of drug-likeness (QED) is 0.161. The van der Waals surface area contributed by atoms with Crippen LogP contribution >= 0.6 is 9.69 Å². The van der Waals surface area contributed by atoms with E-state index in [0.717, 1.165) is 11.1 Å². The molecule has 2 atom stereocenters. The number of nitrogens with two attached hydrogens (primary N) is 1. The molecule has 0 saturated carbocycles. The van der Waals surface area contributed by atoms with Crippen LogP contribution in [0.2, 0.25) is 0 Å². The zero-order chi connectivity index (χ0) is 28.9. The molecule has 4 aromatic rings. The first kappa shape index (κ1) is 32.4. The number of hydrogen-bond donors (Lipinski definition) is 1. The second-order valence-electron chi connectivity index (χ2n) is 9.21. The summed E-state index contributed by atoms with van der Waals surface area (Å²) < 4.78 is 23.7. The molecule has 0 bridgehead atoms. The molecule has 5 nitrogen and oxygen atoms in total. The Kier molecular flexibility index (Phi) is 13.5. The van der Waals surface area contributed by atoms with Gasteiger partial charge in [-0.05, 0) is 45.8 Å². The van der Waals surface area contributed by atoms with Crippen LogP contribution in [-0.4, -0.2) is 5.91 Å². The molecule has 0 spiro atoms. The topological polar surface area (TPSA) is 101 Å². The molecule has 3 N–H and O–H groups in total. The van der Waals surface area contributed by atoms with Crippen LogP contribution in [-0.2, 0) is 36.4 Å². The molecule has 4 aromatic carbocycles. The van der Waals surface area contributed by atoms with Crippen LogP contribution < -0.4 is 5.73 Å². The van der Waals surface area contributed by atoms with Gasteiger partial charge in [0.2, 0.25) is 0 Å². The predicted molar refractivity (Wildman–Crippen MR) is 155 cm³/mol. The average Bonchev–Trinajstić information content (AvgIpc) is 2.95. The minimum Gasteiger partial charge on any atom is -0.664 e. The minimum atomic E-state index is -2.51. The molecule has 1 amide bonds. The molecule has 0 aromatic heterocycles. The van der Waals surface area contributed by atoms with Crippen molar-refractivity contribution in [2.45, 2.75) is 43.5 Å². The molecule has 0 radical (unpaired) electrons. The van der Waals surface area contributed by atoms with Crippen LogP contribution in [0.1, 0.15) is 69.9 Å². The van der Waals surface area contributed by atoms with Gasteiger partial charge in [0.05, 0.1) is 5.91 Å². The van der Waals surface area contributed by atoms with Gasteiger partial charge in [0.15, 0.2) is 0 Å². The minimum absolute atomic E-state index is 0.0697. The molecule has 8 heteroatoms. The Hall–Kier alpha value is -2.83. The number of carbonyl (C=O) groups excluding carboxylic acids is 1. The molecule has 4 rings (SSSR count). The molecular formula is C31H32ClN2O3RuS-. The molecule has 206 valence electrons. The van der Waals surface area contributed by atoms with E-state index in [1.165, 1.54) is 29.3 Å². The second-order valence-corrected chi connectivity index (χ2v) is 10.1. The van der Waals surface area contributed by atoms with Crippen LogP contribution in [0, 0.1) is 6.92 Å². The van der Waals surface area contributed by atoms with Gasteiger partial charge in [-0.15, -0.1) is 0 Å². The molecule has 0 fully saturated rings. The van der Waals surface area contributed by atoms with Crippen LogP contribution in [0.15, 0.2) is 108 Å². The maximum absolute atomic E-state index is 11.8. The Morgan fingerprint density at radius 2 is 1.31 bits per heavy atom. The van der Waals surface area contributed by atoms with E-state index < -0.39 is 28.6 Å². The summed E-state index contributed by atoms with van der Waals surface area (Å²) in [6.07, 6.45) is 0. The number of benzene rings is 4. The Bertz CT molecular complexity index is 1390. The Labute approximate surface area is 247 Å². The summed E-state index contributed by atoms with van der Waals surface area (Å²) in [5, 5.41) is 0. The third-order valence-electron chi connectivity index (χ3n) is 6.23. The van der Waals surface area contributed by atoms with Gasteiger partial charge >= 0.3 is 27.0 Å². The monoisotopic (exact) mass is 649 g/mol. The van der Waals surface area contributed by atoms with E-state index >= 15 is 0 Å². The fourth-order valence-corrected chi connectivity index (χ4v) is 4.70. The smallest absolute Gasteiger partial charge is 0.0796 e. The van der Waals surface area contributed by atoms with E-state index in [-0.39, 0.29) is 10.5 Å². The molecule has 0 aliphatic heterocycles. The number of amides is 1. The zero-order valence-electron chi connectivity index (χ0n) is 22.0. The molecule has 0 unspecified atom stereocenters. The van der Waals surface area contributed by atoms with Crippen molar-refractivity contribution in [3.05, 3.63) is 142 Å². The maximum atomic E-state index is 11.8. The van der Waals surface area contributed by atoms with Crippen molar-refractivity contribution < 1.29 is 30.5 Å². The van der Waals surface area contributed by atoms with Crippen LogP contribution in [0.5, 0.6) is 0 Å². The van der Waals surface area contributed by atoms with Crippen molar-refractivity contribution >= 4 is 26.3 Å². The SMILES string of the molecule is Cc1ccc(C(C)C)cc1.[Cl][Ru+].[NH-]C(=O)c1ccc([S-](=O)=O)c([C@H](c2ccccc2)[C@H](N)c2ccccc2)c1. The molecule has 0 aliphatic carbocycles. The van der Waals surface area contributed by atoms with E-state index in [1.54, 1.807) is 0 Å². The summed E-state index contributed by atoms with van der Waals surface area (Å²) in [5.74, 6) is -0.721. The predicted octanol–water partition coefficient (Wildman–Crippen LogP) is 8.18. The Morgan fingerprint density at radius 3 is 1.77 bits per heavy atom. The van der Waals surface area contributed by atoms with Gasteiger partial charge in [-0.1, -0.05) is 133 Å². The fourth-order valence-electron chi connectivity index (χ4n) is 4.14. The first-order chi connectivity index (χ1) is 18.7. The summed E-state index contributed by atoms with van der Waals surface area (Å²) in [6, 6.07) is 31.0. The molecular weight excluding hydrogens is 617 g/mol. The Balaban J connectivity index is 0.000000372. The van der Waals surface area contributed by atoms with E-state index in [1.807, 2.05) is 78.0 Å². The number of hydrogen-bond acceptors (Lipinski definition) is 5. The largest absolute Gasteiger partial charge is 0.664 e. The number of halogens is 1. The second kappa shape index (κ2) is 16.3. The van der Waals surface area contributed by atoms with E-state index in [9.17, 15) is 13.2 Å². The maximum Gasteiger partial charge on any atom is 0.0796 e. The summed E-state index contributed by atoms with van der Waals surface area (Å²) >= 11 is 1.82. The number of rotatable bonds is 7. The number of carbonyl (C=O) groups is 1. The fraction of sp³-hybridized carbons (Fsp3) is 0.194.